The third-order valence-electron chi connectivity index (χ3n) is 5.58. The average molecular weight is 369 g/mol. The molecule has 27 heavy (non-hydrogen) atoms. The molecule has 0 saturated carbocycles. The molecule has 0 spiro atoms. The quantitative estimate of drug-likeness (QED) is 0.849. The van der Waals surface area contributed by atoms with Crippen LogP contribution in [0.4, 0.5) is 0 Å². The molecule has 1 amide bonds. The summed E-state index contributed by atoms with van der Waals surface area (Å²) in [6, 6.07) is 7.10. The second kappa shape index (κ2) is 7.94. The number of carbonyl (C=O) groups is 2. The zero-order chi connectivity index (χ0) is 19.6. The zero-order valence-corrected chi connectivity index (χ0v) is 16.2. The van der Waals surface area contributed by atoms with Gasteiger partial charge in [0.15, 0.2) is 0 Å². The lowest BCUT2D eigenvalue weighted by Crippen LogP contribution is -2.29. The van der Waals surface area contributed by atoms with Crippen LogP contribution in [-0.4, -0.2) is 44.8 Å². The Balaban J connectivity index is 1.53. The van der Waals surface area contributed by atoms with Gasteiger partial charge in [-0.2, -0.15) is 5.10 Å². The first-order valence-electron chi connectivity index (χ1n) is 9.44. The minimum atomic E-state index is -0.902. The van der Waals surface area contributed by atoms with E-state index in [1.807, 2.05) is 36.5 Å². The molecule has 1 N–H and O–H groups in total. The van der Waals surface area contributed by atoms with Gasteiger partial charge in [-0.05, 0) is 62.3 Å². The third kappa shape index (κ3) is 4.38. The van der Waals surface area contributed by atoms with Crippen LogP contribution in [0.25, 0.3) is 0 Å². The highest BCUT2D eigenvalue weighted by Gasteiger charge is 2.26. The number of aromatic nitrogens is 2. The molecule has 0 aliphatic carbocycles. The number of carbonyl (C=O) groups excluding carboxylic acids is 1. The first-order valence-corrected chi connectivity index (χ1v) is 9.44. The molecule has 2 heterocycles. The second-order valence-corrected chi connectivity index (χ2v) is 7.48. The summed E-state index contributed by atoms with van der Waals surface area (Å²) in [7, 11) is 1.93. The molecule has 6 heteroatoms. The molecular formula is C21H27N3O3. The first kappa shape index (κ1) is 19.1. The van der Waals surface area contributed by atoms with Gasteiger partial charge in [0.25, 0.3) is 0 Å². The van der Waals surface area contributed by atoms with Gasteiger partial charge in [-0.15, -0.1) is 0 Å². The number of benzene rings is 1. The van der Waals surface area contributed by atoms with E-state index in [4.69, 9.17) is 5.11 Å². The number of aromatic carboxylic acids is 1. The molecule has 0 radical (unpaired) electrons. The monoisotopic (exact) mass is 369 g/mol. The van der Waals surface area contributed by atoms with Crippen molar-refractivity contribution in [3.63, 3.8) is 0 Å². The van der Waals surface area contributed by atoms with Crippen molar-refractivity contribution in [2.75, 3.05) is 13.1 Å². The summed E-state index contributed by atoms with van der Waals surface area (Å²) in [5.41, 5.74) is 4.64. The van der Waals surface area contributed by atoms with Crippen molar-refractivity contribution in [1.82, 2.24) is 14.7 Å². The molecule has 0 unspecified atom stereocenters. The van der Waals surface area contributed by atoms with Crippen LogP contribution in [-0.2, 0) is 24.7 Å². The lowest BCUT2D eigenvalue weighted by Gasteiger charge is -2.17. The van der Waals surface area contributed by atoms with Gasteiger partial charge in [0, 0.05) is 32.3 Å². The highest BCUT2D eigenvalue weighted by Crippen LogP contribution is 2.23. The Kier molecular flexibility index (Phi) is 5.63. The predicted molar refractivity (Wildman–Crippen MR) is 103 cm³/mol. The molecule has 144 valence electrons. The van der Waals surface area contributed by atoms with Crippen LogP contribution < -0.4 is 0 Å². The normalized spacial score (nSPS) is 16.7. The highest BCUT2D eigenvalue weighted by molar-refractivity contribution is 5.87. The highest BCUT2D eigenvalue weighted by atomic mass is 16.4. The number of hydrogen-bond acceptors (Lipinski definition) is 3. The molecule has 1 aromatic carbocycles. The summed E-state index contributed by atoms with van der Waals surface area (Å²) in [5, 5.41) is 13.5. The minimum Gasteiger partial charge on any atom is -0.478 e. The average Bonchev–Trinajstić information content (AvgIpc) is 3.18. The largest absolute Gasteiger partial charge is 0.478 e. The van der Waals surface area contributed by atoms with Crippen molar-refractivity contribution in [2.45, 2.75) is 39.5 Å². The van der Waals surface area contributed by atoms with Crippen LogP contribution >= 0.6 is 0 Å². The van der Waals surface area contributed by atoms with Gasteiger partial charge in [-0.25, -0.2) is 4.79 Å². The van der Waals surface area contributed by atoms with Crippen molar-refractivity contribution in [3.05, 3.63) is 52.3 Å². The van der Waals surface area contributed by atoms with E-state index in [1.54, 1.807) is 18.2 Å². The fourth-order valence-corrected chi connectivity index (χ4v) is 3.96. The molecule has 1 aliphatic rings. The van der Waals surface area contributed by atoms with Gasteiger partial charge >= 0.3 is 5.97 Å². The number of carboxylic acid groups (broad SMARTS) is 1. The number of amides is 1. The summed E-state index contributed by atoms with van der Waals surface area (Å²) >= 11 is 0. The van der Waals surface area contributed by atoms with Crippen LogP contribution in [0.15, 0.2) is 24.3 Å². The molecule has 1 saturated heterocycles. The zero-order valence-electron chi connectivity index (χ0n) is 16.2. The standard InChI is InChI=1S/C21H27N3O3/c1-14-19(15(2)23(3)22-14)7-8-20(25)24-10-9-17(13-24)11-16-5-4-6-18(12-16)21(26)27/h4-6,12,17H,7-11,13H2,1-3H3,(H,26,27)/t17-/m1/s1. The molecule has 1 fully saturated rings. The molecule has 2 aromatic rings. The first-order chi connectivity index (χ1) is 12.8. The van der Waals surface area contributed by atoms with Crippen LogP contribution in [0.5, 0.6) is 0 Å². The molecule has 1 aromatic heterocycles. The molecule has 1 atom stereocenters. The van der Waals surface area contributed by atoms with E-state index in [2.05, 4.69) is 5.10 Å². The SMILES string of the molecule is Cc1nn(C)c(C)c1CCC(=O)N1CC[C@H](Cc2cccc(C(=O)O)c2)C1. The Hall–Kier alpha value is -2.63. The Morgan fingerprint density at radius 3 is 2.74 bits per heavy atom. The smallest absolute Gasteiger partial charge is 0.335 e. The summed E-state index contributed by atoms with van der Waals surface area (Å²) in [5.74, 6) is -0.319. The third-order valence-corrected chi connectivity index (χ3v) is 5.58. The van der Waals surface area contributed by atoms with E-state index in [9.17, 15) is 9.59 Å². The van der Waals surface area contributed by atoms with E-state index in [0.29, 0.717) is 17.9 Å². The van der Waals surface area contributed by atoms with Crippen LogP contribution in [0.1, 0.15) is 45.7 Å². The van der Waals surface area contributed by atoms with Gasteiger partial charge in [-0.3, -0.25) is 9.48 Å². The van der Waals surface area contributed by atoms with E-state index in [1.165, 1.54) is 5.56 Å². The van der Waals surface area contributed by atoms with Gasteiger partial charge < -0.3 is 10.0 Å². The van der Waals surface area contributed by atoms with Gasteiger partial charge in [0.05, 0.1) is 11.3 Å². The second-order valence-electron chi connectivity index (χ2n) is 7.48. The summed E-state index contributed by atoms with van der Waals surface area (Å²) in [4.78, 5) is 25.7. The van der Waals surface area contributed by atoms with Crippen LogP contribution in [0.2, 0.25) is 0 Å². The molecule has 1 aliphatic heterocycles. The van der Waals surface area contributed by atoms with Crippen molar-refractivity contribution in [3.8, 4) is 0 Å². The van der Waals surface area contributed by atoms with E-state index >= 15 is 0 Å². The van der Waals surface area contributed by atoms with Gasteiger partial charge in [-0.1, -0.05) is 12.1 Å². The maximum absolute atomic E-state index is 12.6. The van der Waals surface area contributed by atoms with E-state index in [0.717, 1.165) is 49.3 Å². The number of rotatable bonds is 6. The topological polar surface area (TPSA) is 75.4 Å². The number of hydrogen-bond donors (Lipinski definition) is 1. The number of aryl methyl sites for hydroxylation is 2. The van der Waals surface area contributed by atoms with Crippen LogP contribution in [0, 0.1) is 19.8 Å². The fraction of sp³-hybridized carbons (Fsp3) is 0.476. The Morgan fingerprint density at radius 2 is 2.07 bits per heavy atom. The summed E-state index contributed by atoms with van der Waals surface area (Å²) in [6.45, 7) is 5.56. The Labute approximate surface area is 159 Å². The predicted octanol–water partition coefficient (Wildman–Crippen LogP) is 2.76. The number of likely N-dealkylation sites (tertiary alicyclic amines) is 1. The van der Waals surface area contributed by atoms with Crippen molar-refractivity contribution in [2.24, 2.45) is 13.0 Å². The maximum atomic E-state index is 12.6. The van der Waals surface area contributed by atoms with Crippen molar-refractivity contribution < 1.29 is 14.7 Å². The number of carboxylic acids is 1. The molecule has 3 rings (SSSR count). The fourth-order valence-electron chi connectivity index (χ4n) is 3.96. The van der Waals surface area contributed by atoms with Gasteiger partial charge in [0.1, 0.15) is 0 Å². The van der Waals surface area contributed by atoms with E-state index < -0.39 is 5.97 Å². The lowest BCUT2D eigenvalue weighted by molar-refractivity contribution is -0.130. The van der Waals surface area contributed by atoms with Crippen molar-refractivity contribution in [1.29, 1.82) is 0 Å². The minimum absolute atomic E-state index is 0.194. The van der Waals surface area contributed by atoms with Gasteiger partial charge in [0.2, 0.25) is 5.91 Å². The summed E-state index contributed by atoms with van der Waals surface area (Å²) in [6.07, 6.45) is 3.01. The van der Waals surface area contributed by atoms with Crippen molar-refractivity contribution >= 4 is 11.9 Å². The summed E-state index contributed by atoms with van der Waals surface area (Å²) < 4.78 is 1.87. The molecule has 6 nitrogen and oxygen atoms in total. The molecular weight excluding hydrogens is 342 g/mol. The maximum Gasteiger partial charge on any atom is 0.335 e. The Bertz CT molecular complexity index is 856. The lowest BCUT2D eigenvalue weighted by atomic mass is 9.97. The van der Waals surface area contributed by atoms with Crippen LogP contribution in [0.3, 0.4) is 0 Å². The number of nitrogens with zero attached hydrogens (tertiary/aromatic N) is 3. The Morgan fingerprint density at radius 1 is 1.30 bits per heavy atom. The molecule has 0 bridgehead atoms. The van der Waals surface area contributed by atoms with E-state index in [-0.39, 0.29) is 5.91 Å².